The topological polar surface area (TPSA) is 46.2 Å². The van der Waals surface area contributed by atoms with Crippen molar-refractivity contribution < 1.29 is 9.59 Å². The molecule has 3 nitrogen and oxygen atoms in total. The normalized spacial score (nSPS) is 16.5. The molecule has 1 aliphatic rings. The van der Waals surface area contributed by atoms with Gasteiger partial charge < -0.3 is 5.32 Å². The van der Waals surface area contributed by atoms with Crippen LogP contribution in [0, 0.1) is 0 Å². The van der Waals surface area contributed by atoms with E-state index < -0.39 is 11.7 Å². The third-order valence-corrected chi connectivity index (χ3v) is 3.51. The molecule has 1 aromatic rings. The summed E-state index contributed by atoms with van der Waals surface area (Å²) in [6, 6.07) is 3.67. The number of Topliss-reactive ketones (excluding diaryl/α,β-unsaturated/α-hetero) is 1. The van der Waals surface area contributed by atoms with Crippen molar-refractivity contribution in [1.82, 2.24) is 5.32 Å². The molecule has 0 aliphatic heterocycles. The molecule has 0 unspecified atom stereocenters. The van der Waals surface area contributed by atoms with E-state index >= 15 is 0 Å². The van der Waals surface area contributed by atoms with Crippen LogP contribution in [0.4, 0.5) is 0 Å². The van der Waals surface area contributed by atoms with Gasteiger partial charge in [-0.15, -0.1) is 11.3 Å². The summed E-state index contributed by atoms with van der Waals surface area (Å²) >= 11 is 1.31. The summed E-state index contributed by atoms with van der Waals surface area (Å²) in [7, 11) is 0. The van der Waals surface area contributed by atoms with Crippen LogP contribution in [0.2, 0.25) is 0 Å². The molecule has 15 heavy (non-hydrogen) atoms. The van der Waals surface area contributed by atoms with E-state index in [1.807, 2.05) is 0 Å². The van der Waals surface area contributed by atoms with E-state index in [0.29, 0.717) is 4.88 Å². The minimum atomic E-state index is -0.454. The number of rotatable bonds is 3. The number of thiophene rings is 1. The molecule has 0 radical (unpaired) electrons. The molecule has 1 saturated carbocycles. The molecule has 1 amide bonds. The first-order chi connectivity index (χ1) is 7.27. The summed E-state index contributed by atoms with van der Waals surface area (Å²) in [5, 5.41) is 4.59. The third kappa shape index (κ3) is 2.45. The quantitative estimate of drug-likeness (QED) is 0.629. The van der Waals surface area contributed by atoms with Crippen molar-refractivity contribution in [3.05, 3.63) is 22.4 Å². The van der Waals surface area contributed by atoms with Crippen LogP contribution in [0.25, 0.3) is 0 Å². The fourth-order valence-electron chi connectivity index (χ4n) is 1.84. The highest BCUT2D eigenvalue weighted by molar-refractivity contribution is 7.13. The van der Waals surface area contributed by atoms with Crippen LogP contribution in [-0.4, -0.2) is 17.7 Å². The fraction of sp³-hybridized carbons (Fsp3) is 0.455. The molecule has 1 fully saturated rings. The van der Waals surface area contributed by atoms with Crippen LogP contribution in [0.1, 0.15) is 35.4 Å². The Morgan fingerprint density at radius 3 is 2.67 bits per heavy atom. The Labute approximate surface area is 92.5 Å². The number of hydrogen-bond acceptors (Lipinski definition) is 3. The van der Waals surface area contributed by atoms with Gasteiger partial charge in [0.2, 0.25) is 0 Å². The lowest BCUT2D eigenvalue weighted by Crippen LogP contribution is -2.37. The highest BCUT2D eigenvalue weighted by Gasteiger charge is 2.22. The summed E-state index contributed by atoms with van der Waals surface area (Å²) in [5.41, 5.74) is 0. The number of nitrogens with one attached hydrogen (secondary N) is 1. The van der Waals surface area contributed by atoms with Gasteiger partial charge in [-0.1, -0.05) is 18.9 Å². The molecule has 2 rings (SSSR count). The summed E-state index contributed by atoms with van der Waals surface area (Å²) in [6.45, 7) is 0. The largest absolute Gasteiger partial charge is 0.346 e. The molecule has 80 valence electrons. The lowest BCUT2D eigenvalue weighted by Gasteiger charge is -2.09. The van der Waals surface area contributed by atoms with E-state index in [2.05, 4.69) is 5.32 Å². The zero-order valence-corrected chi connectivity index (χ0v) is 9.18. The second-order valence-corrected chi connectivity index (χ2v) is 4.71. The lowest BCUT2D eigenvalue weighted by atomic mass is 10.2. The Bertz CT molecular complexity index is 353. The maximum atomic E-state index is 11.6. The average Bonchev–Trinajstić information content (AvgIpc) is 2.88. The maximum absolute atomic E-state index is 11.6. The SMILES string of the molecule is O=C(NC1CCCC1)C(=O)c1cccs1. The zero-order valence-electron chi connectivity index (χ0n) is 8.36. The smallest absolute Gasteiger partial charge is 0.293 e. The summed E-state index contributed by atoms with van der Waals surface area (Å²) < 4.78 is 0. The molecule has 0 atom stereocenters. The Hall–Kier alpha value is -1.16. The molecule has 0 aromatic carbocycles. The number of carbonyl (C=O) groups excluding carboxylic acids is 2. The number of amides is 1. The van der Waals surface area contributed by atoms with E-state index in [1.165, 1.54) is 11.3 Å². The van der Waals surface area contributed by atoms with Gasteiger partial charge in [-0.2, -0.15) is 0 Å². The molecular formula is C11H13NO2S. The first-order valence-corrected chi connectivity index (χ1v) is 6.04. The van der Waals surface area contributed by atoms with Crippen LogP contribution < -0.4 is 5.32 Å². The van der Waals surface area contributed by atoms with E-state index in [1.54, 1.807) is 17.5 Å². The zero-order chi connectivity index (χ0) is 10.7. The van der Waals surface area contributed by atoms with Crippen molar-refractivity contribution in [3.63, 3.8) is 0 Å². The Balaban J connectivity index is 1.93. The third-order valence-electron chi connectivity index (χ3n) is 2.64. The molecular weight excluding hydrogens is 210 g/mol. The van der Waals surface area contributed by atoms with E-state index in [9.17, 15) is 9.59 Å². The standard InChI is InChI=1S/C11H13NO2S/c13-10(9-6-3-7-15-9)11(14)12-8-4-1-2-5-8/h3,6-8H,1-2,4-5H2,(H,12,14). The summed E-state index contributed by atoms with van der Waals surface area (Å²) in [6.07, 6.45) is 4.31. The van der Waals surface area contributed by atoms with Crippen molar-refractivity contribution in [2.45, 2.75) is 31.7 Å². The summed E-state index contributed by atoms with van der Waals surface area (Å²) in [4.78, 5) is 23.7. The molecule has 1 N–H and O–H groups in total. The van der Waals surface area contributed by atoms with Gasteiger partial charge in [0.05, 0.1) is 4.88 Å². The number of hydrogen-bond donors (Lipinski definition) is 1. The summed E-state index contributed by atoms with van der Waals surface area (Å²) in [5.74, 6) is -0.860. The number of ketones is 1. The Kier molecular flexibility index (Phi) is 3.16. The van der Waals surface area contributed by atoms with Crippen molar-refractivity contribution in [3.8, 4) is 0 Å². The predicted octanol–water partition coefficient (Wildman–Crippen LogP) is 1.99. The van der Waals surface area contributed by atoms with Crippen molar-refractivity contribution in [2.75, 3.05) is 0 Å². The molecule has 0 bridgehead atoms. The van der Waals surface area contributed by atoms with Crippen LogP contribution in [-0.2, 0) is 4.79 Å². The van der Waals surface area contributed by atoms with Crippen LogP contribution in [0.5, 0.6) is 0 Å². The van der Waals surface area contributed by atoms with Gasteiger partial charge in [-0.25, -0.2) is 0 Å². The van der Waals surface area contributed by atoms with Gasteiger partial charge in [0.15, 0.2) is 0 Å². The van der Waals surface area contributed by atoms with Crippen molar-refractivity contribution in [1.29, 1.82) is 0 Å². The first kappa shape index (κ1) is 10.4. The van der Waals surface area contributed by atoms with Crippen LogP contribution in [0.15, 0.2) is 17.5 Å². The van der Waals surface area contributed by atoms with Crippen LogP contribution >= 0.6 is 11.3 Å². The Morgan fingerprint density at radius 1 is 1.33 bits per heavy atom. The van der Waals surface area contributed by atoms with Crippen LogP contribution in [0.3, 0.4) is 0 Å². The highest BCUT2D eigenvalue weighted by atomic mass is 32.1. The molecule has 1 heterocycles. The van der Waals surface area contributed by atoms with E-state index in [4.69, 9.17) is 0 Å². The number of carbonyl (C=O) groups is 2. The fourth-order valence-corrected chi connectivity index (χ4v) is 2.50. The first-order valence-electron chi connectivity index (χ1n) is 5.16. The Morgan fingerprint density at radius 2 is 2.07 bits per heavy atom. The van der Waals surface area contributed by atoms with E-state index in [-0.39, 0.29) is 6.04 Å². The van der Waals surface area contributed by atoms with Gasteiger partial charge >= 0.3 is 0 Å². The van der Waals surface area contributed by atoms with Gasteiger partial charge in [0.1, 0.15) is 0 Å². The molecule has 0 spiro atoms. The minimum absolute atomic E-state index is 0.210. The van der Waals surface area contributed by atoms with Gasteiger partial charge in [0.25, 0.3) is 11.7 Å². The van der Waals surface area contributed by atoms with E-state index in [0.717, 1.165) is 25.7 Å². The molecule has 1 aliphatic carbocycles. The molecule has 0 saturated heterocycles. The highest BCUT2D eigenvalue weighted by Crippen LogP contribution is 2.18. The average molecular weight is 223 g/mol. The maximum Gasteiger partial charge on any atom is 0.293 e. The minimum Gasteiger partial charge on any atom is -0.346 e. The second-order valence-electron chi connectivity index (χ2n) is 3.76. The lowest BCUT2D eigenvalue weighted by molar-refractivity contribution is -0.117. The predicted molar refractivity (Wildman–Crippen MR) is 59.0 cm³/mol. The molecule has 1 aromatic heterocycles. The van der Waals surface area contributed by atoms with Crippen molar-refractivity contribution in [2.24, 2.45) is 0 Å². The monoisotopic (exact) mass is 223 g/mol. The van der Waals surface area contributed by atoms with Crippen molar-refractivity contribution >= 4 is 23.0 Å². The van der Waals surface area contributed by atoms with Gasteiger partial charge in [-0.05, 0) is 24.3 Å². The van der Waals surface area contributed by atoms with Gasteiger partial charge in [-0.3, -0.25) is 9.59 Å². The molecule has 4 heteroatoms. The van der Waals surface area contributed by atoms with Gasteiger partial charge in [0, 0.05) is 6.04 Å². The second kappa shape index (κ2) is 4.57.